The van der Waals surface area contributed by atoms with Crippen molar-refractivity contribution in [2.24, 2.45) is 0 Å². The highest BCUT2D eigenvalue weighted by Crippen LogP contribution is 2.20. The summed E-state index contributed by atoms with van der Waals surface area (Å²) in [6.45, 7) is 0. The van der Waals surface area contributed by atoms with Crippen LogP contribution in [-0.4, -0.2) is 21.2 Å². The topological polar surface area (TPSA) is 82.5 Å². The van der Waals surface area contributed by atoms with Crippen LogP contribution in [-0.2, 0) is 4.79 Å². The zero-order valence-electron chi connectivity index (χ0n) is 13.4. The number of pyridine rings is 1. The van der Waals surface area contributed by atoms with Crippen LogP contribution in [0.1, 0.15) is 48.6 Å². The molecule has 0 fully saturated rings. The number of hydrogen-bond donors (Lipinski definition) is 3. The Morgan fingerprint density at radius 2 is 1.92 bits per heavy atom. The number of nitrogens with one attached hydrogen (secondary N) is 1. The molecular formula is C19H22N2O3. The number of aliphatic hydroxyl groups excluding tert-OH is 1. The van der Waals surface area contributed by atoms with Crippen molar-refractivity contribution in [2.75, 3.05) is 0 Å². The fraction of sp³-hybridized carbons (Fsp3) is 0.263. The number of nitrogens with zero attached hydrogens (tertiary/aromatic N) is 1. The van der Waals surface area contributed by atoms with E-state index < -0.39 is 12.0 Å². The van der Waals surface area contributed by atoms with E-state index in [4.69, 9.17) is 5.21 Å². The number of hydrogen-bond acceptors (Lipinski definition) is 4. The molecule has 2 aromatic rings. The van der Waals surface area contributed by atoms with E-state index in [-0.39, 0.29) is 6.42 Å². The lowest BCUT2D eigenvalue weighted by Gasteiger charge is -2.11. The van der Waals surface area contributed by atoms with Crippen molar-refractivity contribution in [3.05, 3.63) is 65.5 Å². The van der Waals surface area contributed by atoms with Crippen molar-refractivity contribution in [1.82, 2.24) is 10.5 Å². The third-order valence-electron chi connectivity index (χ3n) is 3.71. The zero-order chi connectivity index (χ0) is 17.2. The molecule has 126 valence electrons. The molecular weight excluding hydrogens is 304 g/mol. The van der Waals surface area contributed by atoms with Crippen LogP contribution in [0.25, 0.3) is 12.2 Å². The lowest BCUT2D eigenvalue weighted by atomic mass is 10.0. The highest BCUT2D eigenvalue weighted by molar-refractivity contribution is 5.74. The van der Waals surface area contributed by atoms with Crippen molar-refractivity contribution < 1.29 is 15.1 Å². The minimum absolute atomic E-state index is 0.264. The van der Waals surface area contributed by atoms with Crippen LogP contribution in [0.2, 0.25) is 0 Å². The van der Waals surface area contributed by atoms with Gasteiger partial charge >= 0.3 is 0 Å². The van der Waals surface area contributed by atoms with Crippen LogP contribution < -0.4 is 5.48 Å². The summed E-state index contributed by atoms with van der Waals surface area (Å²) in [5.41, 5.74) is 4.40. The molecule has 5 nitrogen and oxygen atoms in total. The summed E-state index contributed by atoms with van der Waals surface area (Å²) in [5.74, 6) is -0.395. The molecule has 0 spiro atoms. The SMILES string of the molecule is O=C(CCCCC(O)c1ccc(C=Cc2ccccn2)cc1)NO. The van der Waals surface area contributed by atoms with Crippen LogP contribution in [0.15, 0.2) is 48.7 Å². The largest absolute Gasteiger partial charge is 0.388 e. The summed E-state index contributed by atoms with van der Waals surface area (Å²) in [7, 11) is 0. The van der Waals surface area contributed by atoms with Crippen molar-refractivity contribution in [3.8, 4) is 0 Å². The lowest BCUT2D eigenvalue weighted by molar-refractivity contribution is -0.129. The van der Waals surface area contributed by atoms with E-state index in [0.717, 1.165) is 23.2 Å². The molecule has 1 unspecified atom stereocenters. The Bertz CT molecular complexity index is 654. The maximum absolute atomic E-state index is 10.9. The van der Waals surface area contributed by atoms with Crippen LogP contribution in [0.5, 0.6) is 0 Å². The van der Waals surface area contributed by atoms with E-state index in [9.17, 15) is 9.90 Å². The number of benzene rings is 1. The van der Waals surface area contributed by atoms with Crippen LogP contribution in [0.4, 0.5) is 0 Å². The number of aromatic nitrogens is 1. The fourth-order valence-electron chi connectivity index (χ4n) is 2.33. The number of amides is 1. The van der Waals surface area contributed by atoms with Gasteiger partial charge in [-0.1, -0.05) is 42.8 Å². The molecule has 1 aromatic carbocycles. The second-order valence-corrected chi connectivity index (χ2v) is 5.55. The maximum Gasteiger partial charge on any atom is 0.243 e. The van der Waals surface area contributed by atoms with E-state index in [1.807, 2.05) is 54.6 Å². The number of unbranched alkanes of at least 4 members (excludes halogenated alkanes) is 1. The Balaban J connectivity index is 1.82. The number of hydroxylamine groups is 1. The highest BCUT2D eigenvalue weighted by Gasteiger charge is 2.07. The molecule has 2 rings (SSSR count). The van der Waals surface area contributed by atoms with Gasteiger partial charge in [-0.15, -0.1) is 0 Å². The Kier molecular flexibility index (Phi) is 7.14. The molecule has 3 N–H and O–H groups in total. The molecule has 1 amide bonds. The molecule has 0 radical (unpaired) electrons. The molecule has 0 aliphatic rings. The van der Waals surface area contributed by atoms with Gasteiger partial charge in [0.05, 0.1) is 11.8 Å². The Morgan fingerprint density at radius 1 is 1.12 bits per heavy atom. The summed E-state index contributed by atoms with van der Waals surface area (Å²) in [6, 6.07) is 13.5. The minimum atomic E-state index is -0.545. The number of aliphatic hydroxyl groups is 1. The molecule has 5 heteroatoms. The van der Waals surface area contributed by atoms with E-state index in [1.165, 1.54) is 0 Å². The number of carbonyl (C=O) groups is 1. The average molecular weight is 326 g/mol. The van der Waals surface area contributed by atoms with Gasteiger partial charge in [0.1, 0.15) is 0 Å². The third kappa shape index (κ3) is 5.95. The summed E-state index contributed by atoms with van der Waals surface area (Å²) >= 11 is 0. The predicted octanol–water partition coefficient (Wildman–Crippen LogP) is 3.35. The summed E-state index contributed by atoms with van der Waals surface area (Å²) in [4.78, 5) is 15.1. The molecule has 1 heterocycles. The first-order valence-electron chi connectivity index (χ1n) is 7.99. The molecule has 0 aliphatic carbocycles. The lowest BCUT2D eigenvalue weighted by Crippen LogP contribution is -2.17. The Labute approximate surface area is 141 Å². The van der Waals surface area contributed by atoms with Crippen molar-refractivity contribution in [3.63, 3.8) is 0 Å². The zero-order valence-corrected chi connectivity index (χ0v) is 13.4. The first-order chi connectivity index (χ1) is 11.7. The second-order valence-electron chi connectivity index (χ2n) is 5.55. The molecule has 0 saturated carbocycles. The van der Waals surface area contributed by atoms with Gasteiger partial charge in [0, 0.05) is 12.6 Å². The first-order valence-corrected chi connectivity index (χ1v) is 7.99. The molecule has 0 bridgehead atoms. The normalized spacial score (nSPS) is 12.2. The Morgan fingerprint density at radius 3 is 2.58 bits per heavy atom. The molecule has 0 aliphatic heterocycles. The quantitative estimate of drug-likeness (QED) is 0.395. The predicted molar refractivity (Wildman–Crippen MR) is 93.0 cm³/mol. The van der Waals surface area contributed by atoms with Crippen molar-refractivity contribution in [1.29, 1.82) is 0 Å². The van der Waals surface area contributed by atoms with Gasteiger partial charge in [0.15, 0.2) is 0 Å². The van der Waals surface area contributed by atoms with E-state index in [0.29, 0.717) is 12.8 Å². The van der Waals surface area contributed by atoms with Gasteiger partial charge in [-0.25, -0.2) is 5.48 Å². The van der Waals surface area contributed by atoms with Gasteiger partial charge in [0.2, 0.25) is 5.91 Å². The van der Waals surface area contributed by atoms with Crippen LogP contribution in [0, 0.1) is 0 Å². The molecule has 24 heavy (non-hydrogen) atoms. The average Bonchev–Trinajstić information content (AvgIpc) is 2.64. The minimum Gasteiger partial charge on any atom is -0.388 e. The first kappa shape index (κ1) is 17.8. The van der Waals surface area contributed by atoms with Crippen LogP contribution in [0.3, 0.4) is 0 Å². The smallest absolute Gasteiger partial charge is 0.243 e. The molecule has 1 atom stereocenters. The second kappa shape index (κ2) is 9.60. The van der Waals surface area contributed by atoms with E-state index in [1.54, 1.807) is 11.7 Å². The van der Waals surface area contributed by atoms with Crippen molar-refractivity contribution in [2.45, 2.75) is 31.8 Å². The Hall–Kier alpha value is -2.50. The number of carbonyl (C=O) groups excluding carboxylic acids is 1. The van der Waals surface area contributed by atoms with Gasteiger partial charge in [0.25, 0.3) is 0 Å². The van der Waals surface area contributed by atoms with Gasteiger partial charge in [-0.3, -0.25) is 15.0 Å². The summed E-state index contributed by atoms with van der Waals surface area (Å²) < 4.78 is 0. The fourth-order valence-corrected chi connectivity index (χ4v) is 2.33. The maximum atomic E-state index is 10.9. The van der Waals surface area contributed by atoms with E-state index >= 15 is 0 Å². The number of rotatable bonds is 8. The molecule has 1 aromatic heterocycles. The highest BCUT2D eigenvalue weighted by atomic mass is 16.5. The third-order valence-corrected chi connectivity index (χ3v) is 3.71. The van der Waals surface area contributed by atoms with Gasteiger partial charge < -0.3 is 5.11 Å². The summed E-state index contributed by atoms with van der Waals surface area (Å²) in [5, 5.41) is 18.6. The van der Waals surface area contributed by atoms with E-state index in [2.05, 4.69) is 4.98 Å². The van der Waals surface area contributed by atoms with Gasteiger partial charge in [-0.05, 0) is 42.2 Å². The van der Waals surface area contributed by atoms with Gasteiger partial charge in [-0.2, -0.15) is 0 Å². The monoisotopic (exact) mass is 326 g/mol. The standard InChI is InChI=1S/C19H22N2O3/c22-18(6-1-2-7-19(23)21-24)16-11-8-15(9-12-16)10-13-17-5-3-4-14-20-17/h3-5,8-14,18,22,24H,1-2,6-7H2,(H,21,23). The van der Waals surface area contributed by atoms with Crippen LogP contribution >= 0.6 is 0 Å². The molecule has 0 saturated heterocycles. The van der Waals surface area contributed by atoms with Crippen molar-refractivity contribution >= 4 is 18.1 Å². The summed E-state index contributed by atoms with van der Waals surface area (Å²) in [6.07, 6.45) is 7.33.